The second kappa shape index (κ2) is 14.0. The normalized spacial score (nSPS) is 16.1. The first-order chi connectivity index (χ1) is 13.9. The smallest absolute Gasteiger partial charge is 0.401 e. The summed E-state index contributed by atoms with van der Waals surface area (Å²) in [6.45, 7) is 4.51. The van der Waals surface area contributed by atoms with Crippen LogP contribution in [0.3, 0.4) is 0 Å². The molecule has 0 spiro atoms. The molecular weight excluding hydrogens is 508 g/mol. The van der Waals surface area contributed by atoms with Crippen molar-refractivity contribution in [3.63, 3.8) is 0 Å². The molecule has 2 rings (SSSR count). The van der Waals surface area contributed by atoms with E-state index in [9.17, 15) is 13.2 Å². The van der Waals surface area contributed by atoms with Crippen molar-refractivity contribution in [1.29, 1.82) is 0 Å². The number of nitrogens with one attached hydrogen (secondary N) is 2. The molecule has 0 saturated carbocycles. The standard InChI is InChI=1S/C21H33F3N4O.HI/c1-3-25-20(26-12-8-17-4-6-19(29-2)7-5-17)27-13-9-18-10-14-28(15-11-18)16-21(22,23)24;/h4-7,18H,3,8-16H2,1-2H3,(H2,25,26,27);1H. The number of hydrogen-bond donors (Lipinski definition) is 2. The van der Waals surface area contributed by atoms with Crippen molar-refractivity contribution in [1.82, 2.24) is 15.5 Å². The van der Waals surface area contributed by atoms with Crippen molar-refractivity contribution in [3.8, 4) is 5.75 Å². The predicted molar refractivity (Wildman–Crippen MR) is 126 cm³/mol. The zero-order chi connectivity index (χ0) is 21.1. The zero-order valence-electron chi connectivity index (χ0n) is 17.8. The van der Waals surface area contributed by atoms with E-state index < -0.39 is 12.7 Å². The van der Waals surface area contributed by atoms with Crippen LogP contribution < -0.4 is 15.4 Å². The maximum Gasteiger partial charge on any atom is 0.401 e. The highest BCUT2D eigenvalue weighted by Crippen LogP contribution is 2.24. The van der Waals surface area contributed by atoms with Crippen LogP contribution in [0.4, 0.5) is 13.2 Å². The van der Waals surface area contributed by atoms with Crippen LogP contribution in [0.2, 0.25) is 0 Å². The Labute approximate surface area is 194 Å². The fraction of sp³-hybridized carbons (Fsp3) is 0.667. The van der Waals surface area contributed by atoms with Gasteiger partial charge in [-0.1, -0.05) is 12.1 Å². The van der Waals surface area contributed by atoms with Gasteiger partial charge in [0.1, 0.15) is 5.75 Å². The van der Waals surface area contributed by atoms with Gasteiger partial charge in [0.05, 0.1) is 13.7 Å². The zero-order valence-corrected chi connectivity index (χ0v) is 20.1. The summed E-state index contributed by atoms with van der Waals surface area (Å²) in [4.78, 5) is 6.13. The second-order valence-electron chi connectivity index (χ2n) is 7.41. The third kappa shape index (κ3) is 10.7. The summed E-state index contributed by atoms with van der Waals surface area (Å²) < 4.78 is 42.6. The molecule has 1 saturated heterocycles. The van der Waals surface area contributed by atoms with Gasteiger partial charge in [-0.3, -0.25) is 9.89 Å². The quantitative estimate of drug-likeness (QED) is 0.281. The van der Waals surface area contributed by atoms with E-state index in [0.717, 1.165) is 50.5 Å². The summed E-state index contributed by atoms with van der Waals surface area (Å²) in [6, 6.07) is 8.01. The number of ether oxygens (including phenoxy) is 1. The van der Waals surface area contributed by atoms with Crippen LogP contribution in [0.25, 0.3) is 0 Å². The first kappa shape index (κ1) is 26.8. The third-order valence-corrected chi connectivity index (χ3v) is 5.13. The van der Waals surface area contributed by atoms with Crippen LogP contribution in [-0.4, -0.2) is 63.4 Å². The average Bonchev–Trinajstić information content (AvgIpc) is 2.69. The predicted octanol–water partition coefficient (Wildman–Crippen LogP) is 4.08. The molecule has 0 amide bonds. The van der Waals surface area contributed by atoms with Gasteiger partial charge in [0.15, 0.2) is 5.96 Å². The van der Waals surface area contributed by atoms with E-state index in [1.54, 1.807) is 7.11 Å². The van der Waals surface area contributed by atoms with Gasteiger partial charge in [0.2, 0.25) is 0 Å². The van der Waals surface area contributed by atoms with Crippen molar-refractivity contribution >= 4 is 29.9 Å². The van der Waals surface area contributed by atoms with Crippen molar-refractivity contribution in [2.75, 3.05) is 46.4 Å². The molecule has 0 aliphatic carbocycles. The van der Waals surface area contributed by atoms with Gasteiger partial charge in [-0.25, -0.2) is 0 Å². The molecule has 0 aromatic heterocycles. The molecule has 30 heavy (non-hydrogen) atoms. The Kier molecular flexibility index (Phi) is 12.5. The van der Waals surface area contributed by atoms with E-state index in [2.05, 4.69) is 27.8 Å². The van der Waals surface area contributed by atoms with Crippen LogP contribution in [0.1, 0.15) is 31.7 Å². The number of methoxy groups -OCH3 is 1. The molecule has 1 aliphatic heterocycles. The molecule has 1 heterocycles. The Balaban J connectivity index is 0.00000450. The van der Waals surface area contributed by atoms with Crippen molar-refractivity contribution in [2.24, 2.45) is 10.9 Å². The molecule has 1 fully saturated rings. The van der Waals surface area contributed by atoms with Gasteiger partial charge >= 0.3 is 6.18 Å². The summed E-state index contributed by atoms with van der Waals surface area (Å²) in [5, 5.41) is 6.59. The highest BCUT2D eigenvalue weighted by molar-refractivity contribution is 14.0. The first-order valence-electron chi connectivity index (χ1n) is 10.3. The molecule has 5 nitrogen and oxygen atoms in total. The number of rotatable bonds is 9. The molecule has 0 unspecified atom stereocenters. The Morgan fingerprint density at radius 1 is 1.17 bits per heavy atom. The van der Waals surface area contributed by atoms with Gasteiger partial charge in [0.25, 0.3) is 0 Å². The summed E-state index contributed by atoms with van der Waals surface area (Å²) in [6.07, 6.45) is -0.684. The summed E-state index contributed by atoms with van der Waals surface area (Å²) in [5.74, 6) is 2.08. The molecule has 0 atom stereocenters. The van der Waals surface area contributed by atoms with Crippen LogP contribution in [-0.2, 0) is 6.42 Å². The fourth-order valence-electron chi connectivity index (χ4n) is 3.50. The molecule has 0 bridgehead atoms. The van der Waals surface area contributed by atoms with E-state index in [-0.39, 0.29) is 24.0 Å². The Bertz CT molecular complexity index is 618. The number of piperidine rings is 1. The maximum absolute atomic E-state index is 12.5. The minimum Gasteiger partial charge on any atom is -0.497 e. The van der Waals surface area contributed by atoms with Gasteiger partial charge < -0.3 is 15.4 Å². The van der Waals surface area contributed by atoms with Crippen LogP contribution in [0.15, 0.2) is 29.3 Å². The molecule has 1 aliphatic rings. The lowest BCUT2D eigenvalue weighted by atomic mass is 9.93. The van der Waals surface area contributed by atoms with E-state index in [1.807, 2.05) is 19.1 Å². The number of halogens is 4. The van der Waals surface area contributed by atoms with Crippen LogP contribution in [0.5, 0.6) is 5.75 Å². The molecule has 9 heteroatoms. The third-order valence-electron chi connectivity index (χ3n) is 5.13. The Morgan fingerprint density at radius 3 is 2.40 bits per heavy atom. The van der Waals surface area contributed by atoms with E-state index >= 15 is 0 Å². The fourth-order valence-corrected chi connectivity index (χ4v) is 3.50. The van der Waals surface area contributed by atoms with Gasteiger partial charge in [-0.2, -0.15) is 13.2 Å². The number of benzene rings is 1. The molecule has 0 radical (unpaired) electrons. The van der Waals surface area contributed by atoms with Crippen LogP contribution >= 0.6 is 24.0 Å². The first-order valence-corrected chi connectivity index (χ1v) is 10.3. The van der Waals surface area contributed by atoms with Gasteiger partial charge in [-0.15, -0.1) is 24.0 Å². The topological polar surface area (TPSA) is 48.9 Å². The number of guanidine groups is 1. The van der Waals surface area contributed by atoms with Crippen LogP contribution in [0, 0.1) is 5.92 Å². The summed E-state index contributed by atoms with van der Waals surface area (Å²) in [7, 11) is 1.65. The van der Waals surface area contributed by atoms with Crippen molar-refractivity contribution in [3.05, 3.63) is 29.8 Å². The molecule has 172 valence electrons. The minimum absolute atomic E-state index is 0. The SMILES string of the molecule is CCNC(=NCCC1CCN(CC(F)(F)F)CC1)NCCc1ccc(OC)cc1.I. The number of likely N-dealkylation sites (tertiary alicyclic amines) is 1. The van der Waals surface area contributed by atoms with Crippen molar-refractivity contribution < 1.29 is 17.9 Å². The lowest BCUT2D eigenvalue weighted by molar-refractivity contribution is -0.148. The van der Waals surface area contributed by atoms with E-state index in [1.165, 1.54) is 10.5 Å². The van der Waals surface area contributed by atoms with Crippen molar-refractivity contribution in [2.45, 2.75) is 38.8 Å². The van der Waals surface area contributed by atoms with Gasteiger partial charge in [-0.05, 0) is 69.3 Å². The summed E-state index contributed by atoms with van der Waals surface area (Å²) in [5.41, 5.74) is 1.22. The lowest BCUT2D eigenvalue weighted by Crippen LogP contribution is -2.40. The number of alkyl halides is 3. The highest BCUT2D eigenvalue weighted by Gasteiger charge is 2.32. The number of nitrogens with zero attached hydrogens (tertiary/aromatic N) is 2. The molecule has 1 aromatic carbocycles. The maximum atomic E-state index is 12.5. The summed E-state index contributed by atoms with van der Waals surface area (Å²) >= 11 is 0. The average molecular weight is 542 g/mol. The second-order valence-corrected chi connectivity index (χ2v) is 7.41. The molecule has 1 aromatic rings. The lowest BCUT2D eigenvalue weighted by Gasteiger charge is -2.32. The Hall–Kier alpha value is -1.23. The minimum atomic E-state index is -4.10. The largest absolute Gasteiger partial charge is 0.497 e. The number of hydrogen-bond acceptors (Lipinski definition) is 3. The Morgan fingerprint density at radius 2 is 1.83 bits per heavy atom. The van der Waals surface area contributed by atoms with E-state index in [4.69, 9.17) is 4.74 Å². The molecular formula is C21H34F3IN4O. The monoisotopic (exact) mass is 542 g/mol. The number of aliphatic imine (C=N–C) groups is 1. The molecule has 2 N–H and O–H groups in total. The highest BCUT2D eigenvalue weighted by atomic mass is 127. The van der Waals surface area contributed by atoms with Gasteiger partial charge in [0, 0.05) is 19.6 Å². The van der Waals surface area contributed by atoms with E-state index in [0.29, 0.717) is 25.6 Å².